The Morgan fingerprint density at radius 2 is 1.72 bits per heavy atom. The smallest absolute Gasteiger partial charge is 0.408 e. The molecule has 0 aliphatic carbocycles. The molecule has 32 heavy (non-hydrogen) atoms. The van der Waals surface area contributed by atoms with Crippen molar-refractivity contribution in [1.82, 2.24) is 30.8 Å². The monoisotopic (exact) mass is 562 g/mol. The van der Waals surface area contributed by atoms with Gasteiger partial charge in [-0.25, -0.2) is 14.8 Å². The Kier molecular flexibility index (Phi) is 11.4. The summed E-state index contributed by atoms with van der Waals surface area (Å²) < 4.78 is 5.33. The van der Waals surface area contributed by atoms with Crippen LogP contribution in [0.25, 0.3) is 0 Å². The molecule has 2 heterocycles. The highest BCUT2D eigenvalue weighted by molar-refractivity contribution is 14.0. The quantitative estimate of drug-likeness (QED) is 0.262. The van der Waals surface area contributed by atoms with E-state index in [2.05, 4.69) is 40.7 Å². The van der Waals surface area contributed by atoms with Crippen molar-refractivity contribution in [2.24, 2.45) is 4.99 Å². The summed E-state index contributed by atoms with van der Waals surface area (Å²) in [6, 6.07) is 1.83. The fourth-order valence-corrected chi connectivity index (χ4v) is 3.11. The maximum Gasteiger partial charge on any atom is 0.408 e. The number of piperazine rings is 1. The van der Waals surface area contributed by atoms with E-state index in [1.807, 2.05) is 40.7 Å². The van der Waals surface area contributed by atoms with Crippen LogP contribution in [0.3, 0.4) is 0 Å². The zero-order valence-electron chi connectivity index (χ0n) is 20.1. The van der Waals surface area contributed by atoms with Gasteiger partial charge in [0.05, 0.1) is 5.54 Å². The fraction of sp³-hybridized carbons (Fsp3) is 0.714. The SMILES string of the molecule is CN=C(NCCN1CCN(c2ncccn2)CC1)NCC(C)(C)NC(=O)OC(C)(C)C.I. The number of anilines is 1. The van der Waals surface area contributed by atoms with Crippen LogP contribution in [0.15, 0.2) is 23.5 Å². The highest BCUT2D eigenvalue weighted by atomic mass is 127. The average molecular weight is 563 g/mol. The molecular weight excluding hydrogens is 523 g/mol. The highest BCUT2D eigenvalue weighted by Crippen LogP contribution is 2.10. The summed E-state index contributed by atoms with van der Waals surface area (Å²) in [5.41, 5.74) is -1.01. The number of hydrogen-bond acceptors (Lipinski definition) is 7. The second-order valence-corrected chi connectivity index (χ2v) is 9.24. The molecule has 1 aromatic rings. The number of guanidine groups is 1. The Morgan fingerprint density at radius 1 is 1.09 bits per heavy atom. The van der Waals surface area contributed by atoms with Crippen LogP contribution in [0.2, 0.25) is 0 Å². The van der Waals surface area contributed by atoms with E-state index in [9.17, 15) is 4.79 Å². The number of carbonyl (C=O) groups excluding carboxylic acids is 1. The Labute approximate surface area is 209 Å². The van der Waals surface area contributed by atoms with Gasteiger partial charge in [0.2, 0.25) is 5.95 Å². The lowest BCUT2D eigenvalue weighted by atomic mass is 10.1. The summed E-state index contributed by atoms with van der Waals surface area (Å²) in [4.78, 5) is 29.6. The second kappa shape index (κ2) is 13.0. The number of rotatable bonds is 7. The first kappa shape index (κ1) is 28.1. The van der Waals surface area contributed by atoms with E-state index in [1.165, 1.54) is 0 Å². The summed E-state index contributed by atoms with van der Waals surface area (Å²) in [6.07, 6.45) is 3.13. The molecule has 0 atom stereocenters. The molecular formula is C21H39IN8O2. The minimum Gasteiger partial charge on any atom is -0.444 e. The number of carbonyl (C=O) groups is 1. The maximum atomic E-state index is 12.0. The Hall–Kier alpha value is -1.89. The molecule has 0 aromatic carbocycles. The van der Waals surface area contributed by atoms with E-state index < -0.39 is 17.2 Å². The molecule has 10 nitrogen and oxygen atoms in total. The van der Waals surface area contributed by atoms with Gasteiger partial charge >= 0.3 is 6.09 Å². The first-order chi connectivity index (χ1) is 14.6. The van der Waals surface area contributed by atoms with Gasteiger partial charge in [0.25, 0.3) is 0 Å². The van der Waals surface area contributed by atoms with Crippen molar-refractivity contribution >= 4 is 42.0 Å². The van der Waals surface area contributed by atoms with Gasteiger partial charge < -0.3 is 25.6 Å². The van der Waals surface area contributed by atoms with Gasteiger partial charge in [-0.2, -0.15) is 0 Å². The molecule has 3 N–H and O–H groups in total. The summed E-state index contributed by atoms with van der Waals surface area (Å²) in [5.74, 6) is 1.50. The van der Waals surface area contributed by atoms with Gasteiger partial charge in [-0.15, -0.1) is 24.0 Å². The molecule has 182 valence electrons. The topological polar surface area (TPSA) is 107 Å². The molecule has 1 amide bonds. The van der Waals surface area contributed by atoms with E-state index >= 15 is 0 Å². The van der Waals surface area contributed by atoms with E-state index in [4.69, 9.17) is 4.74 Å². The van der Waals surface area contributed by atoms with Crippen LogP contribution >= 0.6 is 24.0 Å². The van der Waals surface area contributed by atoms with Gasteiger partial charge in [0.15, 0.2) is 5.96 Å². The molecule has 11 heteroatoms. The number of nitrogens with one attached hydrogen (secondary N) is 3. The molecule has 1 aliphatic heterocycles. The van der Waals surface area contributed by atoms with Gasteiger partial charge in [0, 0.05) is 65.3 Å². The number of ether oxygens (including phenoxy) is 1. The van der Waals surface area contributed by atoms with Crippen LogP contribution in [0.4, 0.5) is 10.7 Å². The van der Waals surface area contributed by atoms with Crippen molar-refractivity contribution in [2.75, 3.05) is 57.8 Å². The van der Waals surface area contributed by atoms with E-state index in [-0.39, 0.29) is 24.0 Å². The molecule has 2 rings (SSSR count). The van der Waals surface area contributed by atoms with Crippen LogP contribution in [-0.4, -0.2) is 90.9 Å². The minimum atomic E-state index is -0.523. The number of amides is 1. The lowest BCUT2D eigenvalue weighted by molar-refractivity contribution is 0.0474. The lowest BCUT2D eigenvalue weighted by Crippen LogP contribution is -2.55. The molecule has 0 spiro atoms. The normalized spacial score (nSPS) is 15.6. The summed E-state index contributed by atoms with van der Waals surface area (Å²) >= 11 is 0. The van der Waals surface area contributed by atoms with Crippen LogP contribution < -0.4 is 20.9 Å². The lowest BCUT2D eigenvalue weighted by Gasteiger charge is -2.34. The first-order valence-corrected chi connectivity index (χ1v) is 10.8. The second-order valence-electron chi connectivity index (χ2n) is 9.24. The third kappa shape index (κ3) is 10.6. The molecule has 1 aromatic heterocycles. The van der Waals surface area contributed by atoms with Crippen molar-refractivity contribution in [1.29, 1.82) is 0 Å². The van der Waals surface area contributed by atoms with Crippen LogP contribution in [0.1, 0.15) is 34.6 Å². The van der Waals surface area contributed by atoms with Crippen molar-refractivity contribution in [3.8, 4) is 0 Å². The third-order valence-electron chi connectivity index (χ3n) is 4.69. The molecule has 0 saturated carbocycles. The number of aromatic nitrogens is 2. The minimum absolute atomic E-state index is 0. The van der Waals surface area contributed by atoms with Crippen molar-refractivity contribution in [2.45, 2.75) is 45.8 Å². The number of hydrogen-bond donors (Lipinski definition) is 3. The Morgan fingerprint density at radius 3 is 2.28 bits per heavy atom. The van der Waals surface area contributed by atoms with Crippen molar-refractivity contribution in [3.63, 3.8) is 0 Å². The third-order valence-corrected chi connectivity index (χ3v) is 4.69. The Bertz CT molecular complexity index is 716. The standard InChI is InChI=1S/C21H38N8O2.HI/c1-20(2,3)31-19(30)27-21(4,5)16-26-17(22-6)23-10-11-28-12-14-29(15-13-28)18-24-8-7-9-25-18;/h7-9H,10-16H2,1-6H3,(H,27,30)(H2,22,23,26);1H. The number of alkyl carbamates (subject to hydrolysis) is 1. The molecule has 1 saturated heterocycles. The predicted molar refractivity (Wildman–Crippen MR) is 139 cm³/mol. The summed E-state index contributed by atoms with van der Waals surface area (Å²) in [7, 11) is 1.74. The number of nitrogens with zero attached hydrogens (tertiary/aromatic N) is 5. The maximum absolute atomic E-state index is 12.0. The molecule has 0 bridgehead atoms. The van der Waals surface area contributed by atoms with E-state index in [1.54, 1.807) is 19.4 Å². The van der Waals surface area contributed by atoms with Crippen molar-refractivity contribution < 1.29 is 9.53 Å². The van der Waals surface area contributed by atoms with Crippen LogP contribution in [-0.2, 0) is 4.74 Å². The molecule has 1 fully saturated rings. The Balaban J connectivity index is 0.00000512. The molecule has 0 radical (unpaired) electrons. The summed E-state index contributed by atoms with van der Waals surface area (Å²) in [5, 5.41) is 9.50. The fourth-order valence-electron chi connectivity index (χ4n) is 3.11. The average Bonchev–Trinajstić information content (AvgIpc) is 2.69. The zero-order chi connectivity index (χ0) is 22.9. The molecule has 1 aliphatic rings. The zero-order valence-corrected chi connectivity index (χ0v) is 22.5. The van der Waals surface area contributed by atoms with Gasteiger partial charge in [0.1, 0.15) is 5.60 Å². The summed E-state index contributed by atoms with van der Waals surface area (Å²) in [6.45, 7) is 15.4. The largest absolute Gasteiger partial charge is 0.444 e. The van der Waals surface area contributed by atoms with Crippen LogP contribution in [0.5, 0.6) is 0 Å². The van der Waals surface area contributed by atoms with Crippen molar-refractivity contribution in [3.05, 3.63) is 18.5 Å². The molecule has 0 unspecified atom stereocenters. The van der Waals surface area contributed by atoms with E-state index in [0.29, 0.717) is 12.5 Å². The predicted octanol–water partition coefficient (Wildman–Crippen LogP) is 1.68. The van der Waals surface area contributed by atoms with E-state index in [0.717, 1.165) is 45.2 Å². The van der Waals surface area contributed by atoms with Gasteiger partial charge in [-0.05, 0) is 40.7 Å². The van der Waals surface area contributed by atoms with Gasteiger partial charge in [-0.3, -0.25) is 9.89 Å². The van der Waals surface area contributed by atoms with Gasteiger partial charge in [-0.1, -0.05) is 0 Å². The highest BCUT2D eigenvalue weighted by Gasteiger charge is 2.25. The van der Waals surface area contributed by atoms with Crippen LogP contribution in [0, 0.1) is 0 Å². The number of halogens is 1. The first-order valence-electron chi connectivity index (χ1n) is 10.8. The number of aliphatic imine (C=N–C) groups is 1.